The molecule has 1 saturated heterocycles. The molecule has 0 atom stereocenters. The van der Waals surface area contributed by atoms with E-state index in [1.807, 2.05) is 11.8 Å². The molecule has 1 aromatic rings. The summed E-state index contributed by atoms with van der Waals surface area (Å²) in [5.41, 5.74) is 7.91. The second-order valence-electron chi connectivity index (χ2n) is 5.61. The Morgan fingerprint density at radius 1 is 1.37 bits per heavy atom. The van der Waals surface area contributed by atoms with Gasteiger partial charge in [-0.05, 0) is 25.2 Å². The van der Waals surface area contributed by atoms with E-state index in [9.17, 15) is 4.79 Å². The number of amides is 1. The lowest BCUT2D eigenvalue weighted by Gasteiger charge is -2.40. The molecule has 0 bridgehead atoms. The number of aromatic nitrogens is 2. The van der Waals surface area contributed by atoms with Gasteiger partial charge in [0, 0.05) is 13.1 Å². The number of nitrogens with zero attached hydrogens (tertiary/aromatic N) is 2. The van der Waals surface area contributed by atoms with Gasteiger partial charge in [-0.15, -0.1) is 0 Å². The van der Waals surface area contributed by atoms with Crippen molar-refractivity contribution in [3.05, 3.63) is 11.4 Å². The Labute approximate surface area is 114 Å². The van der Waals surface area contributed by atoms with Gasteiger partial charge in [0.15, 0.2) is 5.69 Å². The van der Waals surface area contributed by atoms with E-state index in [0.717, 1.165) is 31.6 Å². The van der Waals surface area contributed by atoms with Crippen LogP contribution in [0, 0.1) is 12.3 Å². The summed E-state index contributed by atoms with van der Waals surface area (Å²) in [6.45, 7) is 7.94. The summed E-state index contributed by atoms with van der Waals surface area (Å²) in [5.74, 6) is -0.0392. The molecule has 2 rings (SSSR count). The summed E-state index contributed by atoms with van der Waals surface area (Å²) in [4.78, 5) is 14.3. The quantitative estimate of drug-likeness (QED) is 0.880. The maximum absolute atomic E-state index is 12.4. The van der Waals surface area contributed by atoms with Crippen LogP contribution in [0.25, 0.3) is 0 Å². The molecule has 1 fully saturated rings. The highest BCUT2D eigenvalue weighted by atomic mass is 16.2. The number of nitrogens with one attached hydrogen (secondary N) is 1. The molecule has 0 aromatic carbocycles. The lowest BCUT2D eigenvalue weighted by molar-refractivity contribution is 0.0553. The minimum absolute atomic E-state index is 0.0392. The van der Waals surface area contributed by atoms with Crippen LogP contribution in [-0.2, 0) is 0 Å². The van der Waals surface area contributed by atoms with Gasteiger partial charge in [0.1, 0.15) is 0 Å². The van der Waals surface area contributed by atoms with Crippen molar-refractivity contribution in [1.29, 1.82) is 0 Å². The first-order chi connectivity index (χ1) is 9.03. The molecule has 106 valence electrons. The van der Waals surface area contributed by atoms with E-state index in [2.05, 4.69) is 24.0 Å². The zero-order valence-corrected chi connectivity index (χ0v) is 12.1. The first kappa shape index (κ1) is 13.9. The number of carbonyl (C=O) groups is 1. The molecule has 0 saturated carbocycles. The molecule has 1 aliphatic rings. The number of hydrogen-bond donors (Lipinski definition) is 2. The number of nitrogens with two attached hydrogens (primary N) is 1. The fourth-order valence-electron chi connectivity index (χ4n) is 2.89. The highest BCUT2D eigenvalue weighted by Gasteiger charge is 2.34. The number of rotatable bonds is 3. The van der Waals surface area contributed by atoms with Gasteiger partial charge in [-0.3, -0.25) is 9.89 Å². The van der Waals surface area contributed by atoms with Crippen molar-refractivity contribution < 1.29 is 4.79 Å². The molecule has 1 aromatic heterocycles. The van der Waals surface area contributed by atoms with E-state index in [4.69, 9.17) is 5.73 Å². The summed E-state index contributed by atoms with van der Waals surface area (Å²) in [5, 5.41) is 6.80. The van der Waals surface area contributed by atoms with Gasteiger partial charge >= 0.3 is 0 Å². The molecular formula is C14H24N4O. The number of hydrogen-bond acceptors (Lipinski definition) is 3. The Hall–Kier alpha value is -1.52. The van der Waals surface area contributed by atoms with E-state index in [-0.39, 0.29) is 5.91 Å². The average molecular weight is 264 g/mol. The molecule has 3 N–H and O–H groups in total. The summed E-state index contributed by atoms with van der Waals surface area (Å²) in [6.07, 6.45) is 4.54. The predicted octanol–water partition coefficient (Wildman–Crippen LogP) is 2.34. The first-order valence-corrected chi connectivity index (χ1v) is 7.12. The van der Waals surface area contributed by atoms with Crippen molar-refractivity contribution in [2.45, 2.75) is 46.5 Å². The van der Waals surface area contributed by atoms with Crippen molar-refractivity contribution in [2.24, 2.45) is 5.41 Å². The molecule has 2 heterocycles. The van der Waals surface area contributed by atoms with Crippen LogP contribution < -0.4 is 5.73 Å². The fraction of sp³-hybridized carbons (Fsp3) is 0.714. The molecule has 1 aliphatic heterocycles. The molecule has 0 spiro atoms. The Bertz CT molecular complexity index is 452. The van der Waals surface area contributed by atoms with Crippen molar-refractivity contribution in [2.75, 3.05) is 18.8 Å². The van der Waals surface area contributed by atoms with E-state index >= 15 is 0 Å². The van der Waals surface area contributed by atoms with Crippen LogP contribution in [0.3, 0.4) is 0 Å². The fourth-order valence-corrected chi connectivity index (χ4v) is 2.89. The molecule has 0 radical (unpaired) electrons. The topological polar surface area (TPSA) is 75.0 Å². The maximum Gasteiger partial charge on any atom is 0.276 e. The number of nitrogen functional groups attached to an aromatic ring is 1. The molecule has 0 unspecified atom stereocenters. The van der Waals surface area contributed by atoms with Gasteiger partial charge in [-0.25, -0.2) is 0 Å². The molecule has 0 aliphatic carbocycles. The van der Waals surface area contributed by atoms with Gasteiger partial charge in [-0.1, -0.05) is 26.7 Å². The Balaban J connectivity index is 2.06. The molecule has 5 nitrogen and oxygen atoms in total. The predicted molar refractivity (Wildman–Crippen MR) is 75.9 cm³/mol. The second-order valence-corrected chi connectivity index (χ2v) is 5.61. The third-order valence-electron chi connectivity index (χ3n) is 4.81. The number of aryl methyl sites for hydroxylation is 1. The summed E-state index contributed by atoms with van der Waals surface area (Å²) in [6, 6.07) is 0. The van der Waals surface area contributed by atoms with Crippen LogP contribution in [0.1, 0.15) is 55.7 Å². The summed E-state index contributed by atoms with van der Waals surface area (Å²) >= 11 is 0. The van der Waals surface area contributed by atoms with Crippen LogP contribution in [-0.4, -0.2) is 34.1 Å². The molecule has 5 heteroatoms. The van der Waals surface area contributed by atoms with Gasteiger partial charge < -0.3 is 10.6 Å². The number of carbonyl (C=O) groups excluding carboxylic acids is 1. The van der Waals surface area contributed by atoms with Gasteiger partial charge in [-0.2, -0.15) is 5.10 Å². The highest BCUT2D eigenvalue weighted by Crippen LogP contribution is 2.38. The van der Waals surface area contributed by atoms with Crippen molar-refractivity contribution in [3.63, 3.8) is 0 Å². The second kappa shape index (κ2) is 5.23. The number of H-pyrrole nitrogens is 1. The average Bonchev–Trinajstić information content (AvgIpc) is 2.78. The number of aromatic amines is 1. The van der Waals surface area contributed by atoms with Crippen LogP contribution in [0.15, 0.2) is 0 Å². The van der Waals surface area contributed by atoms with Gasteiger partial charge in [0.05, 0.1) is 11.4 Å². The Morgan fingerprint density at radius 3 is 2.37 bits per heavy atom. The zero-order valence-electron chi connectivity index (χ0n) is 12.1. The number of piperidine rings is 1. The zero-order chi connectivity index (χ0) is 14.0. The number of anilines is 1. The third-order valence-corrected chi connectivity index (χ3v) is 4.81. The smallest absolute Gasteiger partial charge is 0.276 e. The van der Waals surface area contributed by atoms with E-state index < -0.39 is 0 Å². The van der Waals surface area contributed by atoms with E-state index in [1.54, 1.807) is 0 Å². The van der Waals surface area contributed by atoms with Gasteiger partial charge in [0.25, 0.3) is 5.91 Å². The summed E-state index contributed by atoms with van der Waals surface area (Å²) in [7, 11) is 0. The minimum atomic E-state index is -0.0392. The molecule has 19 heavy (non-hydrogen) atoms. The lowest BCUT2D eigenvalue weighted by Crippen LogP contribution is -2.43. The molecule has 1 amide bonds. The lowest BCUT2D eigenvalue weighted by atomic mass is 9.74. The van der Waals surface area contributed by atoms with Crippen molar-refractivity contribution >= 4 is 11.6 Å². The van der Waals surface area contributed by atoms with Crippen LogP contribution in [0.2, 0.25) is 0 Å². The standard InChI is InChI=1S/C14H24N4O/c1-4-14(5-2)6-8-18(9-7-14)13(19)12-11(15)10(3)16-17-12/h4-9,15H2,1-3H3,(H,16,17). The maximum atomic E-state index is 12.4. The van der Waals surface area contributed by atoms with Gasteiger partial charge in [0.2, 0.25) is 0 Å². The minimum Gasteiger partial charge on any atom is -0.395 e. The van der Waals surface area contributed by atoms with Crippen molar-refractivity contribution in [1.82, 2.24) is 15.1 Å². The first-order valence-electron chi connectivity index (χ1n) is 7.12. The monoisotopic (exact) mass is 264 g/mol. The van der Waals surface area contributed by atoms with Crippen LogP contribution in [0.5, 0.6) is 0 Å². The summed E-state index contributed by atoms with van der Waals surface area (Å²) < 4.78 is 0. The van der Waals surface area contributed by atoms with E-state index in [0.29, 0.717) is 16.8 Å². The number of likely N-dealkylation sites (tertiary alicyclic amines) is 1. The third kappa shape index (κ3) is 2.46. The van der Waals surface area contributed by atoms with E-state index in [1.165, 1.54) is 12.8 Å². The normalized spacial score (nSPS) is 18.6. The largest absolute Gasteiger partial charge is 0.395 e. The Kier molecular flexibility index (Phi) is 3.83. The van der Waals surface area contributed by atoms with Crippen LogP contribution in [0.4, 0.5) is 5.69 Å². The highest BCUT2D eigenvalue weighted by molar-refractivity contribution is 5.97. The van der Waals surface area contributed by atoms with Crippen molar-refractivity contribution in [3.8, 4) is 0 Å². The van der Waals surface area contributed by atoms with Crippen LogP contribution >= 0.6 is 0 Å². The molecular weight excluding hydrogens is 240 g/mol. The SMILES string of the molecule is CCC1(CC)CCN(C(=O)c2n[nH]c(C)c2N)CC1. The Morgan fingerprint density at radius 2 is 1.95 bits per heavy atom.